The molecule has 3 atom stereocenters. The largest absolute Gasteiger partial charge is 0.383 e. The smallest absolute Gasteiger partial charge is 0.223 e. The van der Waals surface area contributed by atoms with Crippen LogP contribution in [-0.2, 0) is 9.53 Å². The van der Waals surface area contributed by atoms with E-state index in [-0.39, 0.29) is 5.91 Å². The van der Waals surface area contributed by atoms with Gasteiger partial charge in [0.2, 0.25) is 5.91 Å². The van der Waals surface area contributed by atoms with Crippen LogP contribution in [0.15, 0.2) is 0 Å². The minimum atomic E-state index is 0.283. The highest BCUT2D eigenvalue weighted by molar-refractivity contribution is 5.79. The number of carbonyl (C=O) groups excluding carboxylic acids is 1. The Balaban J connectivity index is 1.55. The lowest BCUT2D eigenvalue weighted by Gasteiger charge is -2.20. The minimum Gasteiger partial charge on any atom is -0.383 e. The van der Waals surface area contributed by atoms with E-state index >= 15 is 0 Å². The van der Waals surface area contributed by atoms with Gasteiger partial charge in [0.25, 0.3) is 0 Å². The van der Waals surface area contributed by atoms with Crippen LogP contribution in [0.5, 0.6) is 0 Å². The van der Waals surface area contributed by atoms with Gasteiger partial charge in [-0.05, 0) is 31.1 Å². The predicted molar refractivity (Wildman–Crippen MR) is 66.7 cm³/mol. The molecule has 4 heteroatoms. The van der Waals surface area contributed by atoms with Gasteiger partial charge in [0, 0.05) is 32.7 Å². The normalized spacial score (nSPS) is 30.8. The fourth-order valence-electron chi connectivity index (χ4n) is 3.27. The molecule has 0 unspecified atom stereocenters. The van der Waals surface area contributed by atoms with E-state index < -0.39 is 0 Å². The molecular formula is C13H24N2O2. The molecule has 2 aliphatic carbocycles. The molecule has 98 valence electrons. The minimum absolute atomic E-state index is 0.283. The molecule has 0 saturated heterocycles. The van der Waals surface area contributed by atoms with E-state index in [4.69, 9.17) is 4.74 Å². The van der Waals surface area contributed by atoms with Crippen LogP contribution in [0.1, 0.15) is 25.7 Å². The van der Waals surface area contributed by atoms with Crippen LogP contribution >= 0.6 is 0 Å². The zero-order valence-electron chi connectivity index (χ0n) is 10.7. The van der Waals surface area contributed by atoms with Crippen molar-refractivity contribution in [1.29, 1.82) is 0 Å². The van der Waals surface area contributed by atoms with E-state index in [0.29, 0.717) is 11.8 Å². The lowest BCUT2D eigenvalue weighted by Crippen LogP contribution is -2.38. The Morgan fingerprint density at radius 3 is 2.76 bits per heavy atom. The number of hydrogen-bond donors (Lipinski definition) is 2. The van der Waals surface area contributed by atoms with E-state index in [2.05, 4.69) is 10.6 Å². The molecule has 17 heavy (non-hydrogen) atoms. The van der Waals surface area contributed by atoms with Gasteiger partial charge in [0.05, 0.1) is 6.61 Å². The summed E-state index contributed by atoms with van der Waals surface area (Å²) in [5, 5.41) is 6.27. The predicted octanol–water partition coefficient (Wildman–Crippen LogP) is 0.775. The first-order valence-corrected chi connectivity index (χ1v) is 6.78. The molecule has 2 aliphatic rings. The van der Waals surface area contributed by atoms with Gasteiger partial charge in [-0.2, -0.15) is 0 Å². The Kier molecular flexibility index (Phi) is 4.80. The molecule has 0 aromatic rings. The highest BCUT2D eigenvalue weighted by Gasteiger charge is 2.42. The second-order valence-electron chi connectivity index (χ2n) is 5.32. The number of methoxy groups -OCH3 is 1. The van der Waals surface area contributed by atoms with E-state index in [1.54, 1.807) is 7.11 Å². The molecule has 4 nitrogen and oxygen atoms in total. The van der Waals surface area contributed by atoms with Crippen LogP contribution in [0, 0.1) is 17.8 Å². The van der Waals surface area contributed by atoms with Crippen LogP contribution in [0.25, 0.3) is 0 Å². The van der Waals surface area contributed by atoms with E-state index in [1.807, 2.05) is 0 Å². The molecule has 2 fully saturated rings. The van der Waals surface area contributed by atoms with Crippen molar-refractivity contribution in [2.75, 3.05) is 33.4 Å². The number of rotatable bonds is 7. The van der Waals surface area contributed by atoms with Gasteiger partial charge in [0.15, 0.2) is 0 Å². The van der Waals surface area contributed by atoms with Gasteiger partial charge >= 0.3 is 0 Å². The Hall–Kier alpha value is -0.610. The molecule has 2 N–H and O–H groups in total. The first-order valence-electron chi connectivity index (χ1n) is 6.78. The van der Waals surface area contributed by atoms with Crippen LogP contribution in [-0.4, -0.2) is 39.3 Å². The average molecular weight is 240 g/mol. The van der Waals surface area contributed by atoms with Crippen LogP contribution < -0.4 is 10.6 Å². The van der Waals surface area contributed by atoms with Gasteiger partial charge in [-0.15, -0.1) is 0 Å². The third kappa shape index (κ3) is 3.42. The zero-order chi connectivity index (χ0) is 12.1. The fraction of sp³-hybridized carbons (Fsp3) is 0.923. The fourth-order valence-corrected chi connectivity index (χ4v) is 3.27. The summed E-state index contributed by atoms with van der Waals surface area (Å²) in [6, 6.07) is 0. The lowest BCUT2D eigenvalue weighted by atomic mass is 9.88. The summed E-state index contributed by atoms with van der Waals surface area (Å²) in [5.41, 5.74) is 0. The summed E-state index contributed by atoms with van der Waals surface area (Å²) in [5.74, 6) is 2.12. The highest BCUT2D eigenvalue weighted by atomic mass is 16.5. The summed E-state index contributed by atoms with van der Waals surface area (Å²) in [6.07, 6.45) is 5.06. The molecule has 1 amide bonds. The second kappa shape index (κ2) is 6.36. The molecule has 0 aliphatic heterocycles. The van der Waals surface area contributed by atoms with Crippen molar-refractivity contribution in [3.05, 3.63) is 0 Å². The number of ether oxygens (including phenoxy) is 1. The number of fused-ring (bicyclic) bond motifs is 2. The van der Waals surface area contributed by atoms with E-state index in [1.165, 1.54) is 19.3 Å². The topological polar surface area (TPSA) is 50.4 Å². The first-order chi connectivity index (χ1) is 8.31. The third-order valence-electron chi connectivity index (χ3n) is 4.16. The van der Waals surface area contributed by atoms with Crippen molar-refractivity contribution >= 4 is 5.91 Å². The van der Waals surface area contributed by atoms with Crippen LogP contribution in [0.4, 0.5) is 0 Å². The first kappa shape index (κ1) is 12.8. The highest BCUT2D eigenvalue weighted by Crippen LogP contribution is 2.48. The summed E-state index contributed by atoms with van der Waals surface area (Å²) in [4.78, 5) is 12.0. The average Bonchev–Trinajstić information content (AvgIpc) is 2.95. The zero-order valence-corrected chi connectivity index (χ0v) is 10.7. The van der Waals surface area contributed by atoms with Gasteiger partial charge in [0.1, 0.15) is 0 Å². The lowest BCUT2D eigenvalue weighted by molar-refractivity contribution is -0.126. The monoisotopic (exact) mass is 240 g/mol. The van der Waals surface area contributed by atoms with Crippen molar-refractivity contribution in [2.45, 2.75) is 25.7 Å². The van der Waals surface area contributed by atoms with Crippen LogP contribution in [0.2, 0.25) is 0 Å². The third-order valence-corrected chi connectivity index (χ3v) is 4.16. The Bertz CT molecular complexity index is 258. The summed E-state index contributed by atoms with van der Waals surface area (Å²) < 4.78 is 4.93. The molecule has 0 radical (unpaired) electrons. The second-order valence-corrected chi connectivity index (χ2v) is 5.32. The number of hydrogen-bond acceptors (Lipinski definition) is 3. The van der Waals surface area contributed by atoms with Gasteiger partial charge in [-0.1, -0.05) is 6.42 Å². The number of carbonyl (C=O) groups is 1. The number of amides is 1. The van der Waals surface area contributed by atoms with Gasteiger partial charge < -0.3 is 15.4 Å². The van der Waals surface area contributed by atoms with Crippen molar-refractivity contribution in [3.8, 4) is 0 Å². The Labute approximate surface area is 103 Å². The molecule has 2 rings (SSSR count). The van der Waals surface area contributed by atoms with Crippen molar-refractivity contribution in [2.24, 2.45) is 17.8 Å². The molecule has 0 spiro atoms. The summed E-state index contributed by atoms with van der Waals surface area (Å²) in [6.45, 7) is 3.13. The van der Waals surface area contributed by atoms with E-state index in [9.17, 15) is 4.79 Å². The summed E-state index contributed by atoms with van der Waals surface area (Å²) in [7, 11) is 1.69. The van der Waals surface area contributed by atoms with Crippen molar-refractivity contribution in [1.82, 2.24) is 10.6 Å². The molecule has 2 saturated carbocycles. The molecular weight excluding hydrogens is 216 g/mol. The molecule has 0 aromatic heterocycles. The maximum atomic E-state index is 12.0. The quantitative estimate of drug-likeness (QED) is 0.646. The molecule has 0 heterocycles. The standard InChI is InChI=1S/C13H24N2O2/c1-17-7-6-14-4-5-15-13(16)12-9-10-2-3-11(12)8-10/h10-12,14H,2-9H2,1H3,(H,15,16)/t10-,11-,12+/m0/s1. The molecule has 0 aromatic carbocycles. The van der Waals surface area contributed by atoms with Crippen LogP contribution in [0.3, 0.4) is 0 Å². The Morgan fingerprint density at radius 1 is 1.24 bits per heavy atom. The number of nitrogens with one attached hydrogen (secondary N) is 2. The van der Waals surface area contributed by atoms with Crippen molar-refractivity contribution < 1.29 is 9.53 Å². The maximum Gasteiger partial charge on any atom is 0.223 e. The van der Waals surface area contributed by atoms with Crippen molar-refractivity contribution in [3.63, 3.8) is 0 Å². The Morgan fingerprint density at radius 2 is 2.12 bits per heavy atom. The summed E-state index contributed by atoms with van der Waals surface area (Å²) >= 11 is 0. The van der Waals surface area contributed by atoms with E-state index in [0.717, 1.165) is 38.6 Å². The SMILES string of the molecule is COCCNCCNC(=O)[C@@H]1C[C@H]2CC[C@H]1C2. The van der Waals surface area contributed by atoms with Gasteiger partial charge in [-0.3, -0.25) is 4.79 Å². The molecule has 2 bridgehead atoms. The van der Waals surface area contributed by atoms with Gasteiger partial charge in [-0.25, -0.2) is 0 Å². The maximum absolute atomic E-state index is 12.0.